The Morgan fingerprint density at radius 2 is 1.78 bits per heavy atom. The Bertz CT molecular complexity index is 776. The fourth-order valence-electron chi connectivity index (χ4n) is 2.03. The highest BCUT2D eigenvalue weighted by Crippen LogP contribution is 2.11. The predicted molar refractivity (Wildman–Crippen MR) is 87.7 cm³/mol. The number of amides is 1. The third-order valence-corrected chi connectivity index (χ3v) is 3.19. The summed E-state index contributed by atoms with van der Waals surface area (Å²) in [5.74, 6) is -0.193. The van der Waals surface area contributed by atoms with Crippen molar-refractivity contribution >= 4 is 17.4 Å². The van der Waals surface area contributed by atoms with E-state index in [9.17, 15) is 14.4 Å². The van der Waals surface area contributed by atoms with Crippen molar-refractivity contribution in [3.05, 3.63) is 58.0 Å². The van der Waals surface area contributed by atoms with Gasteiger partial charge in [0.2, 0.25) is 0 Å². The average molecular weight is 313 g/mol. The van der Waals surface area contributed by atoms with Crippen molar-refractivity contribution in [2.24, 2.45) is 5.92 Å². The Hall–Kier alpha value is -2.76. The van der Waals surface area contributed by atoms with Gasteiger partial charge in [-0.15, -0.1) is 0 Å². The molecule has 0 aliphatic carbocycles. The highest BCUT2D eigenvalue weighted by atomic mass is 16.2. The van der Waals surface area contributed by atoms with Crippen LogP contribution >= 0.6 is 0 Å². The van der Waals surface area contributed by atoms with Crippen molar-refractivity contribution in [1.29, 1.82) is 0 Å². The molecule has 6 nitrogen and oxygen atoms in total. The molecule has 6 heteroatoms. The van der Waals surface area contributed by atoms with Crippen LogP contribution in [0.2, 0.25) is 0 Å². The minimum Gasteiger partial charge on any atom is -0.321 e. The smallest absolute Gasteiger partial charge is 0.276 e. The molecule has 2 aromatic rings. The van der Waals surface area contributed by atoms with E-state index < -0.39 is 5.91 Å². The van der Waals surface area contributed by atoms with Gasteiger partial charge in [-0.3, -0.25) is 14.4 Å². The molecule has 0 fully saturated rings. The summed E-state index contributed by atoms with van der Waals surface area (Å²) in [6.07, 6.45) is 0. The SMILES string of the molecule is CC(=O)c1ccc(NC(=O)c2ccc(=O)n(CC(C)C)n2)cc1. The van der Waals surface area contributed by atoms with Crippen LogP contribution in [-0.4, -0.2) is 21.5 Å². The number of anilines is 1. The van der Waals surface area contributed by atoms with Crippen LogP contribution in [0.5, 0.6) is 0 Å². The standard InChI is InChI=1S/C17H19N3O3/c1-11(2)10-20-16(22)9-8-15(19-20)17(23)18-14-6-4-13(5-7-14)12(3)21/h4-9,11H,10H2,1-3H3,(H,18,23). The molecule has 1 aromatic heterocycles. The Kier molecular flexibility index (Phi) is 5.05. The molecule has 120 valence electrons. The number of ketones is 1. The summed E-state index contributed by atoms with van der Waals surface area (Å²) in [4.78, 5) is 35.2. The molecule has 1 amide bonds. The number of carbonyl (C=O) groups excluding carboxylic acids is 2. The molecule has 1 heterocycles. The van der Waals surface area contributed by atoms with Gasteiger partial charge in [0.15, 0.2) is 5.78 Å². The lowest BCUT2D eigenvalue weighted by molar-refractivity contribution is 0.101. The third kappa shape index (κ3) is 4.35. The van der Waals surface area contributed by atoms with Gasteiger partial charge in [-0.1, -0.05) is 13.8 Å². The fourth-order valence-corrected chi connectivity index (χ4v) is 2.03. The molecule has 23 heavy (non-hydrogen) atoms. The van der Waals surface area contributed by atoms with E-state index in [4.69, 9.17) is 0 Å². The molecule has 0 aliphatic rings. The largest absolute Gasteiger partial charge is 0.321 e. The number of rotatable bonds is 5. The van der Waals surface area contributed by atoms with Gasteiger partial charge in [-0.05, 0) is 43.2 Å². The molecule has 1 N–H and O–H groups in total. The molecule has 2 rings (SSSR count). The molecule has 1 aromatic carbocycles. The normalized spacial score (nSPS) is 10.6. The monoisotopic (exact) mass is 313 g/mol. The molecule has 0 saturated heterocycles. The summed E-state index contributed by atoms with van der Waals surface area (Å²) >= 11 is 0. The highest BCUT2D eigenvalue weighted by Gasteiger charge is 2.11. The molecular weight excluding hydrogens is 294 g/mol. The molecule has 0 spiro atoms. The zero-order valence-electron chi connectivity index (χ0n) is 13.4. The van der Waals surface area contributed by atoms with Crippen LogP contribution in [-0.2, 0) is 6.54 Å². The Labute approximate surface area is 134 Å². The highest BCUT2D eigenvalue weighted by molar-refractivity contribution is 6.03. The minimum absolute atomic E-state index is 0.0368. The van der Waals surface area contributed by atoms with E-state index in [-0.39, 0.29) is 23.0 Å². The Morgan fingerprint density at radius 1 is 1.13 bits per heavy atom. The summed E-state index contributed by atoms with van der Waals surface area (Å²) in [6.45, 7) is 5.87. The van der Waals surface area contributed by atoms with Crippen molar-refractivity contribution < 1.29 is 9.59 Å². The van der Waals surface area contributed by atoms with Crippen LogP contribution in [0.25, 0.3) is 0 Å². The summed E-state index contributed by atoms with van der Waals surface area (Å²) in [7, 11) is 0. The van der Waals surface area contributed by atoms with Crippen LogP contribution in [0, 0.1) is 5.92 Å². The quantitative estimate of drug-likeness (QED) is 0.859. The van der Waals surface area contributed by atoms with Gasteiger partial charge in [0.05, 0.1) is 0 Å². The first-order valence-corrected chi connectivity index (χ1v) is 7.37. The van der Waals surface area contributed by atoms with E-state index in [2.05, 4.69) is 10.4 Å². The van der Waals surface area contributed by atoms with E-state index >= 15 is 0 Å². The average Bonchev–Trinajstić information content (AvgIpc) is 2.49. The van der Waals surface area contributed by atoms with Gasteiger partial charge in [0.1, 0.15) is 5.69 Å². The second kappa shape index (κ2) is 7.00. The van der Waals surface area contributed by atoms with Crippen molar-refractivity contribution in [2.75, 3.05) is 5.32 Å². The number of hydrogen-bond donors (Lipinski definition) is 1. The second-order valence-electron chi connectivity index (χ2n) is 5.72. The molecule has 0 bridgehead atoms. The van der Waals surface area contributed by atoms with E-state index in [1.807, 2.05) is 13.8 Å². The third-order valence-electron chi connectivity index (χ3n) is 3.19. The van der Waals surface area contributed by atoms with Crippen molar-refractivity contribution in [1.82, 2.24) is 9.78 Å². The van der Waals surface area contributed by atoms with Crippen LogP contribution in [0.1, 0.15) is 41.6 Å². The molecule has 0 radical (unpaired) electrons. The van der Waals surface area contributed by atoms with Gasteiger partial charge in [-0.25, -0.2) is 4.68 Å². The number of Topliss-reactive ketones (excluding diaryl/α,β-unsaturated/α-hetero) is 1. The summed E-state index contributed by atoms with van der Waals surface area (Å²) < 4.78 is 1.29. The van der Waals surface area contributed by atoms with Crippen molar-refractivity contribution in [3.63, 3.8) is 0 Å². The number of benzene rings is 1. The van der Waals surface area contributed by atoms with Crippen LogP contribution in [0.3, 0.4) is 0 Å². The van der Waals surface area contributed by atoms with Crippen LogP contribution in [0.4, 0.5) is 5.69 Å². The first-order valence-electron chi connectivity index (χ1n) is 7.37. The molecule has 0 saturated carbocycles. The Morgan fingerprint density at radius 3 is 2.35 bits per heavy atom. The summed E-state index contributed by atoms with van der Waals surface area (Å²) in [5.41, 5.74) is 1.07. The second-order valence-corrected chi connectivity index (χ2v) is 5.72. The number of aromatic nitrogens is 2. The number of nitrogens with one attached hydrogen (secondary N) is 1. The molecule has 0 atom stereocenters. The first-order chi connectivity index (χ1) is 10.9. The van der Waals surface area contributed by atoms with Gasteiger partial charge in [0, 0.05) is 23.9 Å². The first kappa shape index (κ1) is 16.6. The number of nitrogens with zero attached hydrogens (tertiary/aromatic N) is 2. The van der Waals surface area contributed by atoms with Crippen LogP contribution in [0.15, 0.2) is 41.2 Å². The number of hydrogen-bond acceptors (Lipinski definition) is 4. The van der Waals surface area contributed by atoms with Crippen molar-refractivity contribution in [3.8, 4) is 0 Å². The molecule has 0 unspecified atom stereocenters. The summed E-state index contributed by atoms with van der Waals surface area (Å²) in [6, 6.07) is 9.33. The van der Waals surface area contributed by atoms with Gasteiger partial charge < -0.3 is 5.32 Å². The maximum Gasteiger partial charge on any atom is 0.276 e. The van der Waals surface area contributed by atoms with E-state index in [1.165, 1.54) is 23.7 Å². The lowest BCUT2D eigenvalue weighted by Gasteiger charge is -2.09. The van der Waals surface area contributed by atoms with E-state index in [0.717, 1.165) is 0 Å². The number of carbonyl (C=O) groups is 2. The van der Waals surface area contributed by atoms with E-state index in [0.29, 0.717) is 17.8 Å². The minimum atomic E-state index is -0.405. The van der Waals surface area contributed by atoms with Crippen molar-refractivity contribution in [2.45, 2.75) is 27.3 Å². The maximum absolute atomic E-state index is 12.2. The summed E-state index contributed by atoms with van der Waals surface area (Å²) in [5, 5.41) is 6.79. The maximum atomic E-state index is 12.2. The van der Waals surface area contributed by atoms with Gasteiger partial charge in [0.25, 0.3) is 11.5 Å². The predicted octanol–water partition coefficient (Wildman–Crippen LogP) is 2.35. The lowest BCUT2D eigenvalue weighted by atomic mass is 10.1. The Balaban J connectivity index is 2.17. The zero-order chi connectivity index (χ0) is 17.0. The molecular formula is C17H19N3O3. The van der Waals surface area contributed by atoms with E-state index in [1.54, 1.807) is 24.3 Å². The molecule has 0 aliphatic heterocycles. The lowest BCUT2D eigenvalue weighted by Crippen LogP contribution is -2.27. The van der Waals surface area contributed by atoms with Gasteiger partial charge >= 0.3 is 0 Å². The van der Waals surface area contributed by atoms with Crippen LogP contribution < -0.4 is 10.9 Å². The van der Waals surface area contributed by atoms with Gasteiger partial charge in [-0.2, -0.15) is 5.10 Å². The topological polar surface area (TPSA) is 81.1 Å². The zero-order valence-corrected chi connectivity index (χ0v) is 13.4. The fraction of sp³-hybridized carbons (Fsp3) is 0.294.